The van der Waals surface area contributed by atoms with Crippen molar-refractivity contribution in [3.8, 4) is 0 Å². The van der Waals surface area contributed by atoms with Crippen LogP contribution in [0.5, 0.6) is 0 Å². The van der Waals surface area contributed by atoms with E-state index in [1.807, 2.05) is 0 Å². The number of carbonyl (C=O) groups excluding carboxylic acids is 1. The third-order valence-electron chi connectivity index (χ3n) is 3.37. The summed E-state index contributed by atoms with van der Waals surface area (Å²) >= 11 is 1.52. The molecule has 0 unspecified atom stereocenters. The summed E-state index contributed by atoms with van der Waals surface area (Å²) < 4.78 is 30.7. The zero-order valence-electron chi connectivity index (χ0n) is 13.1. The van der Waals surface area contributed by atoms with Crippen LogP contribution in [0.4, 0.5) is 8.78 Å². The van der Waals surface area contributed by atoms with E-state index in [1.54, 1.807) is 0 Å². The Hall–Kier alpha value is -0.200. The van der Waals surface area contributed by atoms with Crippen LogP contribution in [-0.4, -0.2) is 19.0 Å². The molecule has 0 N–H and O–H groups in total. The van der Waals surface area contributed by atoms with Gasteiger partial charge in [-0.15, -0.1) is 0 Å². The summed E-state index contributed by atoms with van der Waals surface area (Å²) in [5.41, 5.74) is 0. The van der Waals surface area contributed by atoms with Crippen LogP contribution < -0.4 is 0 Å². The minimum atomic E-state index is -3.51. The molecule has 0 saturated heterocycles. The van der Waals surface area contributed by atoms with Crippen LogP contribution in [0.3, 0.4) is 0 Å². The second kappa shape index (κ2) is 12.4. The second-order valence-corrected chi connectivity index (χ2v) is 6.40. The molecule has 0 amide bonds. The maximum atomic E-state index is 13.4. The lowest BCUT2D eigenvalue weighted by atomic mass is 10.1. The quantitative estimate of drug-likeness (QED) is 0.221. The zero-order valence-corrected chi connectivity index (χ0v) is 15.3. The van der Waals surface area contributed by atoms with Gasteiger partial charge in [0.15, 0.2) is 0 Å². The Morgan fingerprint density at radius 1 is 1.05 bits per heavy atom. The van der Waals surface area contributed by atoms with Crippen LogP contribution in [0.15, 0.2) is 9.66 Å². The van der Waals surface area contributed by atoms with Crippen LogP contribution in [0.1, 0.15) is 71.1 Å². The van der Waals surface area contributed by atoms with Crippen molar-refractivity contribution in [1.29, 1.82) is 0 Å². The molecule has 0 aromatic heterocycles. The van der Waals surface area contributed by atoms with Gasteiger partial charge in [0.05, 0.1) is 10.7 Å². The summed E-state index contributed by atoms with van der Waals surface area (Å²) in [6.45, 7) is 2.21. The van der Waals surface area contributed by atoms with Crippen LogP contribution in [0.2, 0.25) is 0 Å². The zero-order chi connectivity index (χ0) is 16.1. The Balaban J connectivity index is 3.69. The predicted octanol–water partition coefficient (Wildman–Crippen LogP) is 6.03. The minimum absolute atomic E-state index is 0.244. The fraction of sp³-hybridized carbons (Fsp3) is 0.812. The van der Waals surface area contributed by atoms with Crippen molar-refractivity contribution in [2.75, 3.05) is 7.11 Å². The van der Waals surface area contributed by atoms with E-state index in [4.69, 9.17) is 0 Å². The van der Waals surface area contributed by atoms with Crippen molar-refractivity contribution >= 4 is 28.6 Å². The van der Waals surface area contributed by atoms with E-state index >= 15 is 0 Å². The number of rotatable bonds is 12. The van der Waals surface area contributed by atoms with Gasteiger partial charge in [-0.1, -0.05) is 64.4 Å². The fourth-order valence-electron chi connectivity index (χ4n) is 2.04. The van der Waals surface area contributed by atoms with E-state index in [0.29, 0.717) is 6.42 Å². The molecule has 0 heterocycles. The minimum Gasteiger partial charge on any atom is -0.464 e. The largest absolute Gasteiger partial charge is 0.464 e. The Kier molecular flexibility index (Phi) is 12.2. The summed E-state index contributed by atoms with van der Waals surface area (Å²) in [4.78, 5) is 10.9. The summed E-state index contributed by atoms with van der Waals surface area (Å²) in [6.07, 6.45) is 12.8. The summed E-state index contributed by atoms with van der Waals surface area (Å²) in [6, 6.07) is 0. The molecule has 0 saturated carbocycles. The molecule has 124 valence electrons. The third kappa shape index (κ3) is 9.42. The lowest BCUT2D eigenvalue weighted by Gasteiger charge is -2.12. The highest BCUT2D eigenvalue weighted by Gasteiger charge is 2.43. The van der Waals surface area contributed by atoms with E-state index in [0.717, 1.165) is 26.4 Å². The molecule has 0 spiro atoms. The van der Waals surface area contributed by atoms with Gasteiger partial charge in [-0.3, -0.25) is 0 Å². The number of esters is 1. The summed E-state index contributed by atoms with van der Waals surface area (Å²) in [5, 5.41) is 0. The highest BCUT2D eigenvalue weighted by molar-refractivity contribution is 14.1. The molecule has 0 bridgehead atoms. The first-order chi connectivity index (χ1) is 9.96. The number of ether oxygens (including phenoxy) is 1. The van der Waals surface area contributed by atoms with Gasteiger partial charge in [0.1, 0.15) is 0 Å². The van der Waals surface area contributed by atoms with Crippen LogP contribution >= 0.6 is 22.6 Å². The van der Waals surface area contributed by atoms with Gasteiger partial charge in [-0.2, -0.15) is 8.78 Å². The van der Waals surface area contributed by atoms with Gasteiger partial charge in [-0.05, 0) is 35.4 Å². The maximum absolute atomic E-state index is 13.4. The lowest BCUT2D eigenvalue weighted by Crippen LogP contribution is -2.30. The molecule has 0 aliphatic carbocycles. The maximum Gasteiger partial charge on any atom is 0.382 e. The van der Waals surface area contributed by atoms with Crippen molar-refractivity contribution in [1.82, 2.24) is 0 Å². The number of unbranched alkanes of at least 4 members (excludes halogenated alkanes) is 9. The Morgan fingerprint density at radius 2 is 1.52 bits per heavy atom. The number of halogens is 3. The Bertz CT molecular complexity index is 317. The predicted molar refractivity (Wildman–Crippen MR) is 90.9 cm³/mol. The fourth-order valence-corrected chi connectivity index (χ4v) is 2.57. The SMILES string of the molecule is CCCCCCCCCCCC=C(I)C(F)(F)C(=O)OC. The molecule has 0 aliphatic rings. The average molecular weight is 416 g/mol. The van der Waals surface area contributed by atoms with Crippen molar-refractivity contribution in [2.24, 2.45) is 0 Å². The van der Waals surface area contributed by atoms with E-state index in [-0.39, 0.29) is 3.58 Å². The van der Waals surface area contributed by atoms with E-state index in [2.05, 4.69) is 11.7 Å². The van der Waals surface area contributed by atoms with Gasteiger partial charge in [0, 0.05) is 0 Å². The van der Waals surface area contributed by atoms with Gasteiger partial charge in [-0.25, -0.2) is 4.79 Å². The van der Waals surface area contributed by atoms with Crippen LogP contribution in [0, 0.1) is 0 Å². The smallest absolute Gasteiger partial charge is 0.382 e. The number of hydrogen-bond donors (Lipinski definition) is 0. The molecule has 5 heteroatoms. The van der Waals surface area contributed by atoms with Crippen LogP contribution in [-0.2, 0) is 9.53 Å². The molecular weight excluding hydrogens is 389 g/mol. The first-order valence-electron chi connectivity index (χ1n) is 7.79. The molecule has 0 fully saturated rings. The number of alkyl halides is 2. The standard InChI is InChI=1S/C16H27F2IO2/c1-3-4-5-6-7-8-9-10-11-12-13-14(19)16(17,18)15(20)21-2/h13H,3-12H2,1-2H3. The van der Waals surface area contributed by atoms with Gasteiger partial charge in [0.2, 0.25) is 0 Å². The summed E-state index contributed by atoms with van der Waals surface area (Å²) in [7, 11) is 0.973. The molecule has 0 radical (unpaired) electrons. The monoisotopic (exact) mass is 416 g/mol. The number of methoxy groups -OCH3 is 1. The van der Waals surface area contributed by atoms with Crippen LogP contribution in [0.25, 0.3) is 0 Å². The van der Waals surface area contributed by atoms with Crippen molar-refractivity contribution in [3.63, 3.8) is 0 Å². The number of carbonyl (C=O) groups is 1. The molecule has 0 rings (SSSR count). The molecule has 0 aromatic rings. The third-order valence-corrected chi connectivity index (χ3v) is 4.49. The topological polar surface area (TPSA) is 26.3 Å². The first-order valence-corrected chi connectivity index (χ1v) is 8.87. The molecular formula is C16H27F2IO2. The summed E-state index contributed by atoms with van der Waals surface area (Å²) in [5.74, 6) is -5.00. The van der Waals surface area contributed by atoms with Crippen molar-refractivity contribution < 1.29 is 18.3 Å². The Morgan fingerprint density at radius 3 is 2.00 bits per heavy atom. The number of hydrogen-bond acceptors (Lipinski definition) is 2. The highest BCUT2D eigenvalue weighted by atomic mass is 127. The lowest BCUT2D eigenvalue weighted by molar-refractivity contribution is -0.162. The van der Waals surface area contributed by atoms with E-state index in [9.17, 15) is 13.6 Å². The van der Waals surface area contributed by atoms with E-state index in [1.165, 1.54) is 67.2 Å². The van der Waals surface area contributed by atoms with Gasteiger partial charge < -0.3 is 4.74 Å². The molecule has 0 atom stereocenters. The molecule has 2 nitrogen and oxygen atoms in total. The number of allylic oxidation sites excluding steroid dienone is 1. The molecule has 21 heavy (non-hydrogen) atoms. The molecule has 0 aliphatic heterocycles. The second-order valence-electron chi connectivity index (χ2n) is 5.24. The molecule has 0 aromatic carbocycles. The van der Waals surface area contributed by atoms with E-state index < -0.39 is 11.9 Å². The van der Waals surface area contributed by atoms with Gasteiger partial charge >= 0.3 is 11.9 Å². The van der Waals surface area contributed by atoms with Crippen molar-refractivity contribution in [2.45, 2.75) is 77.1 Å². The van der Waals surface area contributed by atoms with Crippen molar-refractivity contribution in [3.05, 3.63) is 9.66 Å². The van der Waals surface area contributed by atoms with Gasteiger partial charge in [0.25, 0.3) is 0 Å². The Labute approximate surface area is 140 Å². The highest BCUT2D eigenvalue weighted by Crippen LogP contribution is 2.31. The first kappa shape index (κ1) is 20.8. The normalized spacial score (nSPS) is 12.5. The average Bonchev–Trinajstić information content (AvgIpc) is 2.47.